The highest BCUT2D eigenvalue weighted by molar-refractivity contribution is 9.10. The van der Waals surface area contributed by atoms with Gasteiger partial charge in [0.1, 0.15) is 0 Å². The molecule has 0 aromatic carbocycles. The summed E-state index contributed by atoms with van der Waals surface area (Å²) < 4.78 is 5.95. The maximum Gasteiger partial charge on any atom is 0.290 e. The molecule has 1 amide bonds. The van der Waals surface area contributed by atoms with Crippen LogP contribution in [-0.2, 0) is 0 Å². The summed E-state index contributed by atoms with van der Waals surface area (Å²) in [7, 11) is 0. The molecule has 1 atom stereocenters. The number of halogens is 1. The normalized spacial score (nSPS) is 19.4. The Morgan fingerprint density at radius 1 is 1.44 bits per heavy atom. The van der Waals surface area contributed by atoms with E-state index in [9.17, 15) is 4.79 Å². The average Bonchev–Trinajstić information content (AvgIpc) is 3.08. The Bertz CT molecular complexity index is 549. The number of nitrogens with zero attached hydrogens (tertiary/aromatic N) is 1. The van der Waals surface area contributed by atoms with Crippen molar-refractivity contribution in [2.24, 2.45) is 0 Å². The van der Waals surface area contributed by atoms with Crippen molar-refractivity contribution in [3.8, 4) is 0 Å². The zero-order valence-electron chi connectivity index (χ0n) is 9.64. The summed E-state index contributed by atoms with van der Waals surface area (Å²) in [4.78, 5) is 15.6. The fourth-order valence-electron chi connectivity index (χ4n) is 2.36. The van der Waals surface area contributed by atoms with Gasteiger partial charge in [-0.05, 0) is 52.4 Å². The van der Waals surface area contributed by atoms with Gasteiger partial charge >= 0.3 is 0 Å². The predicted molar refractivity (Wildman–Crippen MR) is 73.7 cm³/mol. The van der Waals surface area contributed by atoms with Crippen molar-refractivity contribution in [2.75, 3.05) is 6.54 Å². The van der Waals surface area contributed by atoms with E-state index in [1.54, 1.807) is 23.5 Å². The maximum atomic E-state index is 12.4. The summed E-state index contributed by atoms with van der Waals surface area (Å²) in [6, 6.07) is 7.81. The quantitative estimate of drug-likeness (QED) is 0.833. The van der Waals surface area contributed by atoms with Crippen molar-refractivity contribution >= 4 is 33.2 Å². The maximum absolute atomic E-state index is 12.4. The van der Waals surface area contributed by atoms with Gasteiger partial charge in [-0.15, -0.1) is 11.3 Å². The van der Waals surface area contributed by atoms with Gasteiger partial charge in [0.2, 0.25) is 0 Å². The monoisotopic (exact) mass is 325 g/mol. The fraction of sp³-hybridized carbons (Fsp3) is 0.308. The van der Waals surface area contributed by atoms with Gasteiger partial charge in [0.05, 0.1) is 6.04 Å². The molecule has 1 saturated heterocycles. The van der Waals surface area contributed by atoms with E-state index in [2.05, 4.69) is 27.4 Å². The second kappa shape index (κ2) is 4.90. The lowest BCUT2D eigenvalue weighted by atomic mass is 10.2. The van der Waals surface area contributed by atoms with Crippen LogP contribution in [0, 0.1) is 0 Å². The van der Waals surface area contributed by atoms with Crippen LogP contribution in [0.3, 0.4) is 0 Å². The summed E-state index contributed by atoms with van der Waals surface area (Å²) in [6.07, 6.45) is 2.09. The predicted octanol–water partition coefficient (Wildman–Crippen LogP) is 4.08. The lowest BCUT2D eigenvalue weighted by Gasteiger charge is -2.22. The third-order valence-electron chi connectivity index (χ3n) is 3.17. The van der Waals surface area contributed by atoms with Crippen molar-refractivity contribution in [3.63, 3.8) is 0 Å². The van der Waals surface area contributed by atoms with Crippen LogP contribution in [0.15, 0.2) is 38.7 Å². The Balaban J connectivity index is 1.85. The van der Waals surface area contributed by atoms with E-state index in [1.165, 1.54) is 4.88 Å². The van der Waals surface area contributed by atoms with Crippen molar-refractivity contribution in [1.29, 1.82) is 0 Å². The molecule has 0 saturated carbocycles. The molecule has 0 bridgehead atoms. The van der Waals surface area contributed by atoms with Gasteiger partial charge in [0.25, 0.3) is 5.91 Å². The van der Waals surface area contributed by atoms with E-state index in [-0.39, 0.29) is 11.9 Å². The first-order chi connectivity index (χ1) is 8.75. The Morgan fingerprint density at radius 2 is 2.33 bits per heavy atom. The molecule has 3 nitrogen and oxygen atoms in total. The van der Waals surface area contributed by atoms with Crippen molar-refractivity contribution < 1.29 is 9.21 Å². The van der Waals surface area contributed by atoms with Gasteiger partial charge in [-0.25, -0.2) is 0 Å². The minimum atomic E-state index is -0.0170. The van der Waals surface area contributed by atoms with Gasteiger partial charge < -0.3 is 9.32 Å². The summed E-state index contributed by atoms with van der Waals surface area (Å²) in [5.74, 6) is 0.391. The second-order valence-electron chi connectivity index (χ2n) is 4.28. The molecule has 5 heteroatoms. The fourth-order valence-corrected chi connectivity index (χ4v) is 3.54. The van der Waals surface area contributed by atoms with Crippen LogP contribution in [-0.4, -0.2) is 17.4 Å². The average molecular weight is 326 g/mol. The number of carbonyl (C=O) groups excluding carboxylic acids is 1. The molecular weight excluding hydrogens is 314 g/mol. The van der Waals surface area contributed by atoms with Crippen LogP contribution in [0.4, 0.5) is 0 Å². The van der Waals surface area contributed by atoms with E-state index < -0.39 is 0 Å². The van der Waals surface area contributed by atoms with Gasteiger partial charge in [-0.1, -0.05) is 6.07 Å². The number of furan rings is 1. The van der Waals surface area contributed by atoms with E-state index in [1.807, 2.05) is 11.0 Å². The number of hydrogen-bond donors (Lipinski definition) is 0. The lowest BCUT2D eigenvalue weighted by Crippen LogP contribution is -2.29. The van der Waals surface area contributed by atoms with Crippen molar-refractivity contribution in [3.05, 3.63) is 45.0 Å². The molecule has 1 aliphatic rings. The molecule has 2 aromatic rings. The zero-order valence-corrected chi connectivity index (χ0v) is 12.0. The van der Waals surface area contributed by atoms with Crippen LogP contribution in [0.1, 0.15) is 34.3 Å². The molecule has 2 aromatic heterocycles. The van der Waals surface area contributed by atoms with Crippen molar-refractivity contribution in [1.82, 2.24) is 4.90 Å². The first-order valence-electron chi connectivity index (χ1n) is 5.85. The van der Waals surface area contributed by atoms with Crippen molar-refractivity contribution in [2.45, 2.75) is 18.9 Å². The number of likely N-dealkylation sites (tertiary alicyclic amines) is 1. The molecule has 0 aliphatic carbocycles. The molecule has 0 spiro atoms. The zero-order chi connectivity index (χ0) is 12.5. The molecule has 1 fully saturated rings. The Hall–Kier alpha value is -1.07. The number of amides is 1. The highest BCUT2D eigenvalue weighted by Gasteiger charge is 2.32. The highest BCUT2D eigenvalue weighted by Crippen LogP contribution is 2.35. The number of carbonyl (C=O) groups is 1. The smallest absolute Gasteiger partial charge is 0.290 e. The standard InChI is InChI=1S/C13H12BrNO2S/c14-12-6-5-10(17-12)13(16)15-7-1-3-9(15)11-4-2-8-18-11/h2,4-6,8-9H,1,3,7H2/t9-/m1/s1. The first kappa shape index (κ1) is 12.0. The molecule has 1 aliphatic heterocycles. The summed E-state index contributed by atoms with van der Waals surface area (Å²) in [5.41, 5.74) is 0. The number of rotatable bonds is 2. The lowest BCUT2D eigenvalue weighted by molar-refractivity contribution is 0.0704. The van der Waals surface area contributed by atoms with E-state index in [0.717, 1.165) is 19.4 Å². The third-order valence-corrected chi connectivity index (χ3v) is 4.57. The molecular formula is C13H12BrNO2S. The van der Waals surface area contributed by atoms with E-state index in [4.69, 9.17) is 4.42 Å². The second-order valence-corrected chi connectivity index (χ2v) is 6.04. The van der Waals surface area contributed by atoms with Gasteiger partial charge in [0, 0.05) is 11.4 Å². The van der Waals surface area contributed by atoms with Crippen LogP contribution in [0.2, 0.25) is 0 Å². The Morgan fingerprint density at radius 3 is 3.00 bits per heavy atom. The van der Waals surface area contributed by atoms with Gasteiger partial charge in [0.15, 0.2) is 10.4 Å². The molecule has 94 valence electrons. The minimum Gasteiger partial charge on any atom is -0.444 e. The summed E-state index contributed by atoms with van der Waals surface area (Å²) in [5, 5.41) is 2.06. The van der Waals surface area contributed by atoms with E-state index in [0.29, 0.717) is 10.4 Å². The topological polar surface area (TPSA) is 33.5 Å². The number of hydrogen-bond acceptors (Lipinski definition) is 3. The molecule has 3 rings (SSSR count). The Kier molecular flexibility index (Phi) is 3.26. The van der Waals surface area contributed by atoms with E-state index >= 15 is 0 Å². The summed E-state index contributed by atoms with van der Waals surface area (Å²) in [6.45, 7) is 0.805. The highest BCUT2D eigenvalue weighted by atomic mass is 79.9. The molecule has 18 heavy (non-hydrogen) atoms. The van der Waals surface area contributed by atoms with Crippen LogP contribution in [0.25, 0.3) is 0 Å². The first-order valence-corrected chi connectivity index (χ1v) is 7.52. The molecule has 0 radical (unpaired) electrons. The minimum absolute atomic E-state index is 0.0170. The van der Waals surface area contributed by atoms with Crippen LogP contribution >= 0.6 is 27.3 Å². The summed E-state index contributed by atoms with van der Waals surface area (Å²) >= 11 is 4.94. The molecule has 0 unspecified atom stereocenters. The largest absolute Gasteiger partial charge is 0.444 e. The van der Waals surface area contributed by atoms with Crippen LogP contribution < -0.4 is 0 Å². The third kappa shape index (κ3) is 2.12. The van der Waals surface area contributed by atoms with Gasteiger partial charge in [-0.3, -0.25) is 4.79 Å². The van der Waals surface area contributed by atoms with Crippen LogP contribution in [0.5, 0.6) is 0 Å². The molecule has 3 heterocycles. The number of thiophene rings is 1. The Labute approximate surface area is 118 Å². The molecule has 0 N–H and O–H groups in total. The SMILES string of the molecule is O=C(c1ccc(Br)o1)N1CCC[C@@H]1c1cccs1. The van der Waals surface area contributed by atoms with Gasteiger partial charge in [-0.2, -0.15) is 0 Å².